The van der Waals surface area contributed by atoms with Gasteiger partial charge in [0.15, 0.2) is 0 Å². The van der Waals surface area contributed by atoms with Crippen LogP contribution in [0.4, 0.5) is 0 Å². The first-order valence-electron chi connectivity index (χ1n) is 4.22. The molecule has 0 radical (unpaired) electrons. The Morgan fingerprint density at radius 3 is 2.27 bits per heavy atom. The third kappa shape index (κ3) is 2.33. The van der Waals surface area contributed by atoms with Gasteiger partial charge in [0.25, 0.3) is 0 Å². The van der Waals surface area contributed by atoms with Gasteiger partial charge in [-0.3, -0.25) is 0 Å². The lowest BCUT2D eigenvalue weighted by molar-refractivity contribution is 0.0177. The molecule has 11 heavy (non-hydrogen) atoms. The van der Waals surface area contributed by atoms with Gasteiger partial charge in [-0.25, -0.2) is 0 Å². The molecule has 0 bridgehead atoms. The molecule has 0 heterocycles. The summed E-state index contributed by atoms with van der Waals surface area (Å²) in [4.78, 5) is 0. The van der Waals surface area contributed by atoms with Crippen molar-refractivity contribution in [1.29, 1.82) is 0 Å². The molecule has 64 valence electrons. The summed E-state index contributed by atoms with van der Waals surface area (Å²) in [5, 5.41) is 9.84. The molecular weight excluding hydrogens is 136 g/mol. The number of rotatable bonds is 0. The van der Waals surface area contributed by atoms with Crippen molar-refractivity contribution in [3.8, 4) is 0 Å². The maximum absolute atomic E-state index is 9.84. The van der Waals surface area contributed by atoms with Crippen molar-refractivity contribution >= 4 is 0 Å². The minimum Gasteiger partial charge on any atom is -0.390 e. The predicted octanol–water partition coefficient (Wildman–Crippen LogP) is 2.50. The molecule has 0 aromatic carbocycles. The van der Waals surface area contributed by atoms with Crippen LogP contribution in [0.25, 0.3) is 0 Å². The van der Waals surface area contributed by atoms with Gasteiger partial charge in [0.1, 0.15) is 0 Å². The summed E-state index contributed by atoms with van der Waals surface area (Å²) in [5.74, 6) is 0. The lowest BCUT2D eigenvalue weighted by atomic mass is 9.72. The van der Waals surface area contributed by atoms with Crippen LogP contribution in [0, 0.1) is 5.41 Å². The summed E-state index contributed by atoms with van der Waals surface area (Å²) in [6, 6.07) is 0. The number of allylic oxidation sites excluding steroid dienone is 1. The Morgan fingerprint density at radius 1 is 1.36 bits per heavy atom. The smallest absolute Gasteiger partial charge is 0.0664 e. The van der Waals surface area contributed by atoms with Crippen LogP contribution in [0.15, 0.2) is 11.6 Å². The van der Waals surface area contributed by atoms with Crippen molar-refractivity contribution in [2.45, 2.75) is 46.1 Å². The topological polar surface area (TPSA) is 20.2 Å². The third-order valence-corrected chi connectivity index (χ3v) is 2.13. The SMILES string of the molecule is CC1=CC(C)(C)CC(C)(O)C1. The van der Waals surface area contributed by atoms with E-state index in [2.05, 4.69) is 26.8 Å². The van der Waals surface area contributed by atoms with Gasteiger partial charge in [-0.15, -0.1) is 0 Å². The van der Waals surface area contributed by atoms with E-state index in [9.17, 15) is 5.11 Å². The van der Waals surface area contributed by atoms with Crippen molar-refractivity contribution in [3.63, 3.8) is 0 Å². The van der Waals surface area contributed by atoms with E-state index in [4.69, 9.17) is 0 Å². The Kier molecular flexibility index (Phi) is 1.87. The highest BCUT2D eigenvalue weighted by Crippen LogP contribution is 2.38. The molecule has 1 aliphatic carbocycles. The molecule has 1 atom stereocenters. The van der Waals surface area contributed by atoms with Crippen LogP contribution in [0.2, 0.25) is 0 Å². The van der Waals surface area contributed by atoms with Crippen molar-refractivity contribution in [2.75, 3.05) is 0 Å². The molecule has 1 nitrogen and oxygen atoms in total. The molecule has 0 fully saturated rings. The molecular formula is C10H18O. The van der Waals surface area contributed by atoms with Gasteiger partial charge < -0.3 is 5.11 Å². The fraction of sp³-hybridized carbons (Fsp3) is 0.800. The fourth-order valence-corrected chi connectivity index (χ4v) is 2.41. The lowest BCUT2D eigenvalue weighted by Crippen LogP contribution is -2.34. The average Bonchev–Trinajstić information content (AvgIpc) is 1.49. The summed E-state index contributed by atoms with van der Waals surface area (Å²) in [6.07, 6.45) is 3.97. The monoisotopic (exact) mass is 154 g/mol. The summed E-state index contributed by atoms with van der Waals surface area (Å²) in [5.41, 5.74) is 1.00. The summed E-state index contributed by atoms with van der Waals surface area (Å²) in [6.45, 7) is 8.36. The first-order chi connectivity index (χ1) is 4.81. The zero-order valence-corrected chi connectivity index (χ0v) is 7.94. The molecule has 1 heteroatoms. The molecule has 0 aromatic heterocycles. The van der Waals surface area contributed by atoms with Crippen LogP contribution in [-0.2, 0) is 0 Å². The Labute approximate surface area is 69.1 Å². The molecule has 1 rings (SSSR count). The standard InChI is InChI=1S/C10H18O/c1-8-5-9(2,3)7-10(4,11)6-8/h5,11H,6-7H2,1-4H3. The molecule has 1 unspecified atom stereocenters. The Morgan fingerprint density at radius 2 is 1.91 bits per heavy atom. The summed E-state index contributed by atoms with van der Waals surface area (Å²) in [7, 11) is 0. The lowest BCUT2D eigenvalue weighted by Gasteiger charge is -2.37. The first kappa shape index (κ1) is 8.79. The molecule has 1 aliphatic rings. The quantitative estimate of drug-likeness (QED) is 0.531. The van der Waals surface area contributed by atoms with Gasteiger partial charge in [-0.1, -0.05) is 25.5 Å². The second-order valence-electron chi connectivity index (χ2n) is 4.83. The van der Waals surface area contributed by atoms with E-state index >= 15 is 0 Å². The van der Waals surface area contributed by atoms with Gasteiger partial charge in [-0.05, 0) is 32.1 Å². The van der Waals surface area contributed by atoms with Gasteiger partial charge in [0, 0.05) is 0 Å². The van der Waals surface area contributed by atoms with Crippen molar-refractivity contribution in [1.82, 2.24) is 0 Å². The van der Waals surface area contributed by atoms with E-state index in [-0.39, 0.29) is 5.41 Å². The van der Waals surface area contributed by atoms with Gasteiger partial charge in [0.2, 0.25) is 0 Å². The molecule has 0 spiro atoms. The maximum Gasteiger partial charge on any atom is 0.0664 e. The zero-order chi connectivity index (χ0) is 8.70. The summed E-state index contributed by atoms with van der Waals surface area (Å²) < 4.78 is 0. The Balaban J connectivity index is 2.86. The highest BCUT2D eigenvalue weighted by molar-refractivity contribution is 5.14. The number of hydrogen-bond acceptors (Lipinski definition) is 1. The second kappa shape index (κ2) is 2.34. The van der Waals surface area contributed by atoms with E-state index in [0.717, 1.165) is 12.8 Å². The second-order valence-corrected chi connectivity index (χ2v) is 4.83. The zero-order valence-electron chi connectivity index (χ0n) is 7.94. The predicted molar refractivity (Wildman–Crippen MR) is 47.4 cm³/mol. The average molecular weight is 154 g/mol. The molecule has 0 aromatic rings. The van der Waals surface area contributed by atoms with Gasteiger partial charge in [-0.2, -0.15) is 0 Å². The molecule has 0 amide bonds. The van der Waals surface area contributed by atoms with E-state index in [0.29, 0.717) is 0 Å². The Bertz CT molecular complexity index is 187. The largest absolute Gasteiger partial charge is 0.390 e. The minimum atomic E-state index is -0.484. The fourth-order valence-electron chi connectivity index (χ4n) is 2.41. The third-order valence-electron chi connectivity index (χ3n) is 2.13. The number of hydrogen-bond donors (Lipinski definition) is 1. The molecule has 0 saturated heterocycles. The van der Waals surface area contributed by atoms with Crippen LogP contribution in [-0.4, -0.2) is 10.7 Å². The van der Waals surface area contributed by atoms with Crippen molar-refractivity contribution in [3.05, 3.63) is 11.6 Å². The first-order valence-corrected chi connectivity index (χ1v) is 4.22. The normalized spacial score (nSPS) is 36.6. The van der Waals surface area contributed by atoms with Gasteiger partial charge in [0.05, 0.1) is 5.60 Å². The number of aliphatic hydroxyl groups is 1. The van der Waals surface area contributed by atoms with E-state index in [1.54, 1.807) is 0 Å². The highest BCUT2D eigenvalue weighted by atomic mass is 16.3. The van der Waals surface area contributed by atoms with Gasteiger partial charge >= 0.3 is 0 Å². The van der Waals surface area contributed by atoms with Crippen LogP contribution in [0.3, 0.4) is 0 Å². The van der Waals surface area contributed by atoms with Crippen LogP contribution in [0.5, 0.6) is 0 Å². The van der Waals surface area contributed by atoms with E-state index in [1.807, 2.05) is 6.92 Å². The molecule has 0 aliphatic heterocycles. The van der Waals surface area contributed by atoms with Crippen LogP contribution in [0.1, 0.15) is 40.5 Å². The van der Waals surface area contributed by atoms with Crippen molar-refractivity contribution < 1.29 is 5.11 Å². The highest BCUT2D eigenvalue weighted by Gasteiger charge is 2.33. The van der Waals surface area contributed by atoms with Crippen LogP contribution >= 0.6 is 0 Å². The minimum absolute atomic E-state index is 0.172. The van der Waals surface area contributed by atoms with Crippen molar-refractivity contribution in [2.24, 2.45) is 5.41 Å². The molecule has 0 saturated carbocycles. The Hall–Kier alpha value is -0.300. The molecule has 1 N–H and O–H groups in total. The van der Waals surface area contributed by atoms with Crippen LogP contribution < -0.4 is 0 Å². The van der Waals surface area contributed by atoms with E-state index < -0.39 is 5.60 Å². The maximum atomic E-state index is 9.84. The summed E-state index contributed by atoms with van der Waals surface area (Å²) >= 11 is 0. The van der Waals surface area contributed by atoms with E-state index in [1.165, 1.54) is 5.57 Å².